The number of aromatic hydroxyl groups is 1. The monoisotopic (exact) mass is 292 g/mol. The molecule has 6 nitrogen and oxygen atoms in total. The lowest BCUT2D eigenvalue weighted by molar-refractivity contribution is -0.385. The summed E-state index contributed by atoms with van der Waals surface area (Å²) in [7, 11) is 1.69. The fourth-order valence-corrected chi connectivity index (χ4v) is 2.86. The predicted octanol–water partition coefficient (Wildman–Crippen LogP) is 3.10. The molecule has 1 saturated carbocycles. The van der Waals surface area contributed by atoms with Crippen molar-refractivity contribution >= 4 is 11.6 Å². The Kier molecular flexibility index (Phi) is 4.77. The molecule has 0 aromatic heterocycles. The van der Waals surface area contributed by atoms with Crippen LogP contribution in [-0.4, -0.2) is 33.9 Å². The Labute approximate surface area is 123 Å². The van der Waals surface area contributed by atoms with Crippen molar-refractivity contribution in [3.8, 4) is 5.75 Å². The highest BCUT2D eigenvalue weighted by atomic mass is 16.6. The zero-order valence-corrected chi connectivity index (χ0v) is 12.1. The Morgan fingerprint density at radius 3 is 2.48 bits per heavy atom. The maximum Gasteiger partial charge on any atom is 0.282 e. The van der Waals surface area contributed by atoms with Crippen LogP contribution in [0.25, 0.3) is 0 Å². The van der Waals surface area contributed by atoms with Crippen LogP contribution in [0.1, 0.15) is 48.9 Å². The average Bonchev–Trinajstić information content (AvgIpc) is 2.74. The molecule has 1 N–H and O–H groups in total. The van der Waals surface area contributed by atoms with Gasteiger partial charge in [0, 0.05) is 19.2 Å². The van der Waals surface area contributed by atoms with E-state index >= 15 is 0 Å². The Bertz CT molecular complexity index is 536. The number of nitro groups is 1. The molecule has 1 aliphatic carbocycles. The van der Waals surface area contributed by atoms with Gasteiger partial charge >= 0.3 is 0 Å². The molecule has 0 aliphatic heterocycles. The van der Waals surface area contributed by atoms with E-state index in [0.717, 1.165) is 25.7 Å². The average molecular weight is 292 g/mol. The van der Waals surface area contributed by atoms with Gasteiger partial charge < -0.3 is 10.0 Å². The van der Waals surface area contributed by atoms with Crippen LogP contribution in [0.5, 0.6) is 5.75 Å². The number of hydrogen-bond acceptors (Lipinski definition) is 4. The minimum Gasteiger partial charge on any atom is -0.508 e. The van der Waals surface area contributed by atoms with Gasteiger partial charge in [0.15, 0.2) is 0 Å². The first-order valence-corrected chi connectivity index (χ1v) is 7.25. The number of carbonyl (C=O) groups excluding carboxylic acids is 1. The van der Waals surface area contributed by atoms with Gasteiger partial charge in [-0.25, -0.2) is 0 Å². The van der Waals surface area contributed by atoms with E-state index in [1.54, 1.807) is 11.9 Å². The van der Waals surface area contributed by atoms with Crippen LogP contribution < -0.4 is 0 Å². The third-order valence-corrected chi connectivity index (χ3v) is 4.10. The largest absolute Gasteiger partial charge is 0.508 e. The second kappa shape index (κ2) is 6.56. The number of phenolic OH excluding ortho intramolecular Hbond substituents is 1. The summed E-state index contributed by atoms with van der Waals surface area (Å²) < 4.78 is 0. The second-order valence-electron chi connectivity index (χ2n) is 5.52. The van der Waals surface area contributed by atoms with Crippen molar-refractivity contribution < 1.29 is 14.8 Å². The number of phenols is 1. The summed E-state index contributed by atoms with van der Waals surface area (Å²) in [4.78, 5) is 24.6. The third kappa shape index (κ3) is 3.51. The van der Waals surface area contributed by atoms with Crippen LogP contribution in [0.2, 0.25) is 0 Å². The highest BCUT2D eigenvalue weighted by Gasteiger charge is 2.27. The number of amides is 1. The quantitative estimate of drug-likeness (QED) is 0.527. The number of hydrogen-bond donors (Lipinski definition) is 1. The van der Waals surface area contributed by atoms with Gasteiger partial charge in [-0.1, -0.05) is 25.7 Å². The Morgan fingerprint density at radius 2 is 1.90 bits per heavy atom. The number of nitro benzene ring substituents is 1. The van der Waals surface area contributed by atoms with Crippen LogP contribution in [0.3, 0.4) is 0 Å². The normalized spacial score (nSPS) is 16.2. The summed E-state index contributed by atoms with van der Waals surface area (Å²) >= 11 is 0. The van der Waals surface area contributed by atoms with E-state index in [4.69, 9.17) is 0 Å². The SMILES string of the molecule is CN(C(=O)c1cc(O)ccc1[N+](=O)[O-])C1CCCCCC1. The Hall–Kier alpha value is -2.11. The molecule has 21 heavy (non-hydrogen) atoms. The minimum absolute atomic E-state index is 0.0493. The fourth-order valence-electron chi connectivity index (χ4n) is 2.86. The molecule has 114 valence electrons. The predicted molar refractivity (Wildman–Crippen MR) is 78.3 cm³/mol. The van der Waals surface area contributed by atoms with E-state index in [2.05, 4.69) is 0 Å². The summed E-state index contributed by atoms with van der Waals surface area (Å²) in [5.74, 6) is -0.539. The molecule has 1 fully saturated rings. The van der Waals surface area contributed by atoms with Gasteiger partial charge in [-0.15, -0.1) is 0 Å². The highest BCUT2D eigenvalue weighted by molar-refractivity contribution is 5.98. The molecule has 0 spiro atoms. The molecular formula is C15H20N2O4. The summed E-state index contributed by atoms with van der Waals surface area (Å²) in [6, 6.07) is 3.68. The standard InChI is InChI=1S/C15H20N2O4/c1-16(11-6-4-2-3-5-7-11)15(19)13-10-12(18)8-9-14(13)17(20)21/h8-11,18H,2-7H2,1H3. The summed E-state index contributed by atoms with van der Waals surface area (Å²) in [5, 5.41) is 20.6. The maximum atomic E-state index is 12.5. The van der Waals surface area contributed by atoms with Crippen molar-refractivity contribution in [1.29, 1.82) is 0 Å². The molecule has 1 aromatic rings. The Morgan fingerprint density at radius 1 is 1.29 bits per heavy atom. The first-order valence-electron chi connectivity index (χ1n) is 7.25. The molecule has 0 atom stereocenters. The molecule has 0 heterocycles. The molecule has 0 radical (unpaired) electrons. The lowest BCUT2D eigenvalue weighted by atomic mass is 10.1. The van der Waals surface area contributed by atoms with Gasteiger partial charge in [0.05, 0.1) is 4.92 Å². The molecule has 1 aromatic carbocycles. The van der Waals surface area contributed by atoms with E-state index in [-0.39, 0.29) is 23.0 Å². The van der Waals surface area contributed by atoms with E-state index in [1.807, 2.05) is 0 Å². The lowest BCUT2D eigenvalue weighted by Gasteiger charge is -2.27. The van der Waals surface area contributed by atoms with E-state index in [0.29, 0.717) is 0 Å². The van der Waals surface area contributed by atoms with Crippen LogP contribution in [0.4, 0.5) is 5.69 Å². The van der Waals surface area contributed by atoms with Crippen molar-refractivity contribution in [2.24, 2.45) is 0 Å². The van der Waals surface area contributed by atoms with Gasteiger partial charge in [0.2, 0.25) is 0 Å². The van der Waals surface area contributed by atoms with Crippen LogP contribution in [-0.2, 0) is 0 Å². The van der Waals surface area contributed by atoms with Crippen molar-refractivity contribution in [3.05, 3.63) is 33.9 Å². The van der Waals surface area contributed by atoms with Crippen molar-refractivity contribution in [1.82, 2.24) is 4.90 Å². The zero-order chi connectivity index (χ0) is 15.4. The van der Waals surface area contributed by atoms with Crippen molar-refractivity contribution in [3.63, 3.8) is 0 Å². The number of benzene rings is 1. The molecule has 0 saturated heterocycles. The molecule has 2 rings (SSSR count). The van der Waals surface area contributed by atoms with E-state index < -0.39 is 10.8 Å². The molecule has 0 unspecified atom stereocenters. The van der Waals surface area contributed by atoms with Gasteiger partial charge in [0.1, 0.15) is 11.3 Å². The van der Waals surface area contributed by atoms with E-state index in [9.17, 15) is 20.0 Å². The minimum atomic E-state index is -0.590. The smallest absolute Gasteiger partial charge is 0.282 e. The summed E-state index contributed by atoms with van der Waals surface area (Å²) in [6.07, 6.45) is 6.34. The van der Waals surface area contributed by atoms with Crippen molar-refractivity contribution in [2.75, 3.05) is 7.05 Å². The molecule has 0 bridgehead atoms. The fraction of sp³-hybridized carbons (Fsp3) is 0.533. The number of carbonyl (C=O) groups is 1. The van der Waals surface area contributed by atoms with Gasteiger partial charge in [-0.05, 0) is 25.0 Å². The maximum absolute atomic E-state index is 12.5. The highest BCUT2D eigenvalue weighted by Crippen LogP contribution is 2.27. The van der Waals surface area contributed by atoms with Crippen LogP contribution in [0.15, 0.2) is 18.2 Å². The molecule has 6 heteroatoms. The number of nitrogens with zero attached hydrogens (tertiary/aromatic N) is 2. The first kappa shape index (κ1) is 15.3. The topological polar surface area (TPSA) is 83.7 Å². The molecular weight excluding hydrogens is 272 g/mol. The second-order valence-corrected chi connectivity index (χ2v) is 5.52. The van der Waals surface area contributed by atoms with Gasteiger partial charge in [0.25, 0.3) is 11.6 Å². The van der Waals surface area contributed by atoms with E-state index in [1.165, 1.54) is 31.0 Å². The van der Waals surface area contributed by atoms with Gasteiger partial charge in [-0.2, -0.15) is 0 Å². The summed E-state index contributed by atoms with van der Waals surface area (Å²) in [5.41, 5.74) is -0.315. The zero-order valence-electron chi connectivity index (χ0n) is 12.1. The Balaban J connectivity index is 2.26. The molecule has 1 aliphatic rings. The first-order chi connectivity index (χ1) is 10.0. The molecule has 1 amide bonds. The van der Waals surface area contributed by atoms with Gasteiger partial charge in [-0.3, -0.25) is 14.9 Å². The van der Waals surface area contributed by atoms with Crippen LogP contribution in [0, 0.1) is 10.1 Å². The summed E-state index contributed by atoms with van der Waals surface area (Å²) in [6.45, 7) is 0. The van der Waals surface area contributed by atoms with Crippen molar-refractivity contribution in [2.45, 2.75) is 44.6 Å². The van der Waals surface area contributed by atoms with Crippen LogP contribution >= 0.6 is 0 Å². The third-order valence-electron chi connectivity index (χ3n) is 4.10. The lowest BCUT2D eigenvalue weighted by Crippen LogP contribution is -2.37. The number of rotatable bonds is 3.